The number of nitrogens with zero attached hydrogens (tertiary/aromatic N) is 2. The van der Waals surface area contributed by atoms with Crippen molar-refractivity contribution in [2.24, 2.45) is 16.7 Å². The Labute approximate surface area is 165 Å². The van der Waals surface area contributed by atoms with Gasteiger partial charge in [-0.15, -0.1) is 0 Å². The molecule has 0 N–H and O–H groups in total. The normalized spacial score (nSPS) is 27.9. The summed E-state index contributed by atoms with van der Waals surface area (Å²) >= 11 is 5.96. The van der Waals surface area contributed by atoms with Crippen LogP contribution >= 0.6 is 11.6 Å². The Morgan fingerprint density at radius 1 is 1.11 bits per heavy atom. The first-order valence-electron chi connectivity index (χ1n) is 10.3. The lowest BCUT2D eigenvalue weighted by atomic mass is 9.77. The lowest BCUT2D eigenvalue weighted by molar-refractivity contribution is -0.136. The second kappa shape index (κ2) is 6.23. The van der Waals surface area contributed by atoms with Crippen molar-refractivity contribution in [2.45, 2.75) is 51.5 Å². The number of likely N-dealkylation sites (tertiary alicyclic amines) is 2. The maximum absolute atomic E-state index is 12.8. The van der Waals surface area contributed by atoms with E-state index in [9.17, 15) is 9.59 Å². The summed E-state index contributed by atoms with van der Waals surface area (Å²) in [6.45, 7) is 3.13. The molecule has 5 heteroatoms. The molecule has 2 saturated heterocycles. The molecule has 4 aliphatic rings. The van der Waals surface area contributed by atoms with Crippen molar-refractivity contribution in [1.29, 1.82) is 0 Å². The van der Waals surface area contributed by atoms with Gasteiger partial charge < -0.3 is 9.80 Å². The molecule has 27 heavy (non-hydrogen) atoms. The van der Waals surface area contributed by atoms with E-state index in [1.54, 1.807) is 0 Å². The largest absolute Gasteiger partial charge is 0.342 e. The highest BCUT2D eigenvalue weighted by Crippen LogP contribution is 2.66. The van der Waals surface area contributed by atoms with E-state index in [4.69, 9.17) is 11.6 Å². The van der Waals surface area contributed by atoms with Gasteiger partial charge >= 0.3 is 0 Å². The number of halogens is 1. The first-order chi connectivity index (χ1) is 13.0. The molecule has 0 aromatic heterocycles. The average Bonchev–Trinajstić information content (AvgIpc) is 3.33. The topological polar surface area (TPSA) is 40.6 Å². The number of hydrogen-bond donors (Lipinski definition) is 0. The molecule has 1 aromatic carbocycles. The van der Waals surface area contributed by atoms with Crippen LogP contribution in [0, 0.1) is 16.7 Å². The average molecular weight is 387 g/mol. The van der Waals surface area contributed by atoms with Crippen molar-refractivity contribution >= 4 is 23.4 Å². The zero-order chi connectivity index (χ0) is 18.6. The number of hydrogen-bond acceptors (Lipinski definition) is 2. The highest BCUT2D eigenvalue weighted by molar-refractivity contribution is 6.30. The minimum absolute atomic E-state index is 0.0675. The van der Waals surface area contributed by atoms with Gasteiger partial charge in [0.2, 0.25) is 11.8 Å². The fourth-order valence-corrected chi connectivity index (χ4v) is 5.70. The van der Waals surface area contributed by atoms with Gasteiger partial charge in [0.15, 0.2) is 0 Å². The van der Waals surface area contributed by atoms with E-state index < -0.39 is 0 Å². The number of amides is 2. The zero-order valence-electron chi connectivity index (χ0n) is 15.8. The quantitative estimate of drug-likeness (QED) is 0.791. The molecule has 1 atom stereocenters. The lowest BCUT2D eigenvalue weighted by Crippen LogP contribution is -2.45. The van der Waals surface area contributed by atoms with Gasteiger partial charge in [0.1, 0.15) is 0 Å². The minimum atomic E-state index is 0.0675. The number of carbonyl (C=O) groups excluding carboxylic acids is 2. The standard InChI is InChI=1S/C22H27ClN2O2/c23-17-4-2-16(3-5-17)14-25-15-21(13-19(25)26)8-10-24(11-9-21)20(27)18-12-22(18)6-1-7-22/h2-5,18H,1,6-15H2/t18-/m0/s1. The summed E-state index contributed by atoms with van der Waals surface area (Å²) in [6.07, 6.45) is 7.50. The van der Waals surface area contributed by atoms with Crippen LogP contribution in [-0.4, -0.2) is 41.2 Å². The third-order valence-corrected chi connectivity index (χ3v) is 7.92. The predicted octanol–water partition coefficient (Wildman–Crippen LogP) is 3.87. The van der Waals surface area contributed by atoms with Gasteiger partial charge in [-0.05, 0) is 55.2 Å². The monoisotopic (exact) mass is 386 g/mol. The Kier molecular flexibility index (Phi) is 4.05. The lowest BCUT2D eigenvalue weighted by Gasteiger charge is -2.39. The van der Waals surface area contributed by atoms with Crippen molar-refractivity contribution in [1.82, 2.24) is 9.80 Å². The van der Waals surface area contributed by atoms with Gasteiger partial charge in [-0.1, -0.05) is 30.2 Å². The molecule has 1 aromatic rings. The van der Waals surface area contributed by atoms with Crippen LogP contribution in [0.5, 0.6) is 0 Å². The molecule has 2 aliphatic heterocycles. The predicted molar refractivity (Wildman–Crippen MR) is 104 cm³/mol. The third-order valence-electron chi connectivity index (χ3n) is 7.66. The van der Waals surface area contributed by atoms with Crippen LogP contribution in [0.1, 0.15) is 50.5 Å². The van der Waals surface area contributed by atoms with Gasteiger partial charge in [0.25, 0.3) is 0 Å². The van der Waals surface area contributed by atoms with Crippen molar-refractivity contribution in [3.63, 3.8) is 0 Å². The van der Waals surface area contributed by atoms with E-state index in [0.29, 0.717) is 30.2 Å². The van der Waals surface area contributed by atoms with Gasteiger partial charge in [-0.3, -0.25) is 9.59 Å². The van der Waals surface area contributed by atoms with Crippen LogP contribution in [0.4, 0.5) is 0 Å². The molecule has 144 valence electrons. The Morgan fingerprint density at radius 2 is 1.81 bits per heavy atom. The van der Waals surface area contributed by atoms with Crippen LogP contribution < -0.4 is 0 Å². The van der Waals surface area contributed by atoms with E-state index in [0.717, 1.165) is 49.5 Å². The summed E-state index contributed by atoms with van der Waals surface area (Å²) in [6, 6.07) is 7.75. The zero-order valence-corrected chi connectivity index (χ0v) is 16.5. The van der Waals surface area contributed by atoms with Crippen molar-refractivity contribution in [3.05, 3.63) is 34.9 Å². The molecular weight excluding hydrogens is 360 g/mol. The van der Waals surface area contributed by atoms with Gasteiger partial charge in [-0.2, -0.15) is 0 Å². The van der Waals surface area contributed by atoms with Crippen molar-refractivity contribution in [2.75, 3.05) is 19.6 Å². The van der Waals surface area contributed by atoms with Crippen LogP contribution in [-0.2, 0) is 16.1 Å². The highest BCUT2D eigenvalue weighted by Gasteiger charge is 2.62. The van der Waals surface area contributed by atoms with E-state index in [2.05, 4.69) is 4.90 Å². The molecule has 0 bridgehead atoms. The van der Waals surface area contributed by atoms with E-state index in [1.807, 2.05) is 29.2 Å². The molecule has 2 heterocycles. The molecule has 0 unspecified atom stereocenters. The summed E-state index contributed by atoms with van der Waals surface area (Å²) in [5.74, 6) is 0.958. The van der Waals surface area contributed by atoms with E-state index in [-0.39, 0.29) is 11.3 Å². The van der Waals surface area contributed by atoms with Crippen LogP contribution in [0.25, 0.3) is 0 Å². The fourth-order valence-electron chi connectivity index (χ4n) is 5.57. The maximum Gasteiger partial charge on any atom is 0.226 e. The molecule has 2 amide bonds. The first-order valence-corrected chi connectivity index (χ1v) is 10.7. The highest BCUT2D eigenvalue weighted by atomic mass is 35.5. The van der Waals surface area contributed by atoms with Gasteiger partial charge in [0, 0.05) is 49.0 Å². The summed E-state index contributed by atoms with van der Waals surface area (Å²) in [7, 11) is 0. The summed E-state index contributed by atoms with van der Waals surface area (Å²) < 4.78 is 0. The third kappa shape index (κ3) is 3.06. The Bertz CT molecular complexity index is 763. The van der Waals surface area contributed by atoms with Crippen LogP contribution in [0.15, 0.2) is 24.3 Å². The van der Waals surface area contributed by atoms with Crippen molar-refractivity contribution in [3.8, 4) is 0 Å². The molecule has 2 aliphatic carbocycles. The van der Waals surface area contributed by atoms with Crippen LogP contribution in [0.2, 0.25) is 5.02 Å². The molecule has 4 fully saturated rings. The Hall–Kier alpha value is -1.55. The number of benzene rings is 1. The maximum atomic E-state index is 12.8. The summed E-state index contributed by atoms with van der Waals surface area (Å²) in [5, 5.41) is 0.722. The SMILES string of the molecule is O=C1CC2(CCN(C(=O)[C@@H]3CC34CCC4)CC2)CN1Cc1ccc(Cl)cc1. The molecule has 2 spiro atoms. The molecule has 4 nitrogen and oxygen atoms in total. The van der Waals surface area contributed by atoms with Gasteiger partial charge in [0.05, 0.1) is 0 Å². The smallest absolute Gasteiger partial charge is 0.226 e. The van der Waals surface area contributed by atoms with Gasteiger partial charge in [-0.25, -0.2) is 0 Å². The number of piperidine rings is 1. The molecular formula is C22H27ClN2O2. The summed E-state index contributed by atoms with van der Waals surface area (Å²) in [5.41, 5.74) is 1.60. The minimum Gasteiger partial charge on any atom is -0.342 e. The van der Waals surface area contributed by atoms with E-state index >= 15 is 0 Å². The van der Waals surface area contributed by atoms with E-state index in [1.165, 1.54) is 19.3 Å². The Morgan fingerprint density at radius 3 is 2.41 bits per heavy atom. The number of rotatable bonds is 3. The van der Waals surface area contributed by atoms with Crippen LogP contribution in [0.3, 0.4) is 0 Å². The second-order valence-electron chi connectivity index (χ2n) is 9.35. The molecule has 5 rings (SSSR count). The first kappa shape index (κ1) is 17.5. The second-order valence-corrected chi connectivity index (χ2v) is 9.79. The molecule has 0 radical (unpaired) electrons. The number of carbonyl (C=O) groups is 2. The molecule has 2 saturated carbocycles. The Balaban J connectivity index is 1.18. The van der Waals surface area contributed by atoms with Crippen molar-refractivity contribution < 1.29 is 9.59 Å². The summed E-state index contributed by atoms with van der Waals surface area (Å²) in [4.78, 5) is 29.5. The fraction of sp³-hybridized carbons (Fsp3) is 0.636.